The van der Waals surface area contributed by atoms with Gasteiger partial charge in [0.15, 0.2) is 0 Å². The second-order valence-corrected chi connectivity index (χ2v) is 3.88. The van der Waals surface area contributed by atoms with Crippen LogP contribution in [0.2, 0.25) is 5.15 Å². The summed E-state index contributed by atoms with van der Waals surface area (Å²) in [5.41, 5.74) is 0. The molecule has 0 aliphatic carbocycles. The Morgan fingerprint density at radius 3 is 3.15 bits per heavy atom. The van der Waals surface area contributed by atoms with Crippen molar-refractivity contribution in [3.8, 4) is 0 Å². The lowest BCUT2D eigenvalue weighted by Gasteiger charge is -2.06. The van der Waals surface area contributed by atoms with Crippen molar-refractivity contribution in [2.24, 2.45) is 0 Å². The van der Waals surface area contributed by atoms with Crippen molar-refractivity contribution in [2.45, 2.75) is 17.9 Å². The molecular formula is C8H11ClN2OS. The summed E-state index contributed by atoms with van der Waals surface area (Å²) < 4.78 is 2.98. The van der Waals surface area contributed by atoms with Crippen LogP contribution in [-0.2, 0) is 0 Å². The average Bonchev–Trinajstić information content (AvgIpc) is 2.08. The van der Waals surface area contributed by atoms with Crippen LogP contribution in [0.15, 0.2) is 23.2 Å². The van der Waals surface area contributed by atoms with Gasteiger partial charge in [0.2, 0.25) is 0 Å². The van der Waals surface area contributed by atoms with Gasteiger partial charge in [0, 0.05) is 12.7 Å². The van der Waals surface area contributed by atoms with Crippen molar-refractivity contribution in [2.75, 3.05) is 6.54 Å². The molecule has 0 aliphatic rings. The van der Waals surface area contributed by atoms with Crippen molar-refractivity contribution in [3.63, 3.8) is 0 Å². The Morgan fingerprint density at radius 1 is 1.77 bits per heavy atom. The van der Waals surface area contributed by atoms with E-state index in [1.54, 1.807) is 13.1 Å². The van der Waals surface area contributed by atoms with Gasteiger partial charge in [0.1, 0.15) is 5.15 Å². The van der Waals surface area contributed by atoms with Crippen LogP contribution in [0.1, 0.15) is 6.92 Å². The highest BCUT2D eigenvalue weighted by Crippen LogP contribution is 2.21. The van der Waals surface area contributed by atoms with Crippen molar-refractivity contribution < 1.29 is 5.11 Å². The van der Waals surface area contributed by atoms with Gasteiger partial charge in [0.25, 0.3) is 0 Å². The largest absolute Gasteiger partial charge is 0.392 e. The van der Waals surface area contributed by atoms with E-state index in [1.807, 2.05) is 12.1 Å². The molecule has 13 heavy (non-hydrogen) atoms. The second kappa shape index (κ2) is 5.44. The van der Waals surface area contributed by atoms with Crippen molar-refractivity contribution in [1.82, 2.24) is 9.71 Å². The molecule has 0 aliphatic heterocycles. The molecule has 0 bridgehead atoms. The number of pyridine rings is 1. The molecule has 0 unspecified atom stereocenters. The summed E-state index contributed by atoms with van der Waals surface area (Å²) in [5, 5.41) is 9.45. The number of aliphatic hydroxyl groups is 1. The third kappa shape index (κ3) is 3.95. The van der Waals surface area contributed by atoms with Crippen LogP contribution in [0.4, 0.5) is 0 Å². The van der Waals surface area contributed by atoms with E-state index in [2.05, 4.69) is 9.71 Å². The first-order valence-electron chi connectivity index (χ1n) is 3.88. The van der Waals surface area contributed by atoms with E-state index in [0.29, 0.717) is 11.7 Å². The van der Waals surface area contributed by atoms with Gasteiger partial charge < -0.3 is 5.11 Å². The molecule has 1 aromatic heterocycles. The van der Waals surface area contributed by atoms with Gasteiger partial charge in [-0.25, -0.2) is 4.98 Å². The predicted molar refractivity (Wildman–Crippen MR) is 54.8 cm³/mol. The maximum absolute atomic E-state index is 8.98. The highest BCUT2D eigenvalue weighted by molar-refractivity contribution is 7.97. The first-order chi connectivity index (χ1) is 6.20. The molecule has 0 aromatic carbocycles. The van der Waals surface area contributed by atoms with E-state index in [0.717, 1.165) is 4.90 Å². The van der Waals surface area contributed by atoms with Crippen LogP contribution >= 0.6 is 23.5 Å². The molecule has 0 saturated carbocycles. The zero-order valence-electron chi connectivity index (χ0n) is 7.20. The molecule has 0 saturated heterocycles. The SMILES string of the molecule is C[C@@H](O)CNSc1cccnc1Cl. The van der Waals surface area contributed by atoms with Gasteiger partial charge in [-0.1, -0.05) is 11.6 Å². The van der Waals surface area contributed by atoms with Gasteiger partial charge in [-0.15, -0.1) is 0 Å². The summed E-state index contributed by atoms with van der Waals surface area (Å²) >= 11 is 7.18. The molecule has 5 heteroatoms. The Morgan fingerprint density at radius 2 is 2.54 bits per heavy atom. The summed E-state index contributed by atoms with van der Waals surface area (Å²) in [6.07, 6.45) is 1.28. The normalized spacial score (nSPS) is 12.8. The van der Waals surface area contributed by atoms with Crippen LogP contribution in [0.3, 0.4) is 0 Å². The molecule has 1 rings (SSSR count). The first-order valence-corrected chi connectivity index (χ1v) is 5.08. The summed E-state index contributed by atoms with van der Waals surface area (Å²) in [6, 6.07) is 3.69. The highest BCUT2D eigenvalue weighted by atomic mass is 35.5. The fourth-order valence-electron chi connectivity index (χ4n) is 0.687. The van der Waals surface area contributed by atoms with E-state index in [9.17, 15) is 0 Å². The van der Waals surface area contributed by atoms with E-state index in [-0.39, 0.29) is 6.10 Å². The Hall–Kier alpha value is -0.290. The van der Waals surface area contributed by atoms with Crippen LogP contribution < -0.4 is 4.72 Å². The molecule has 0 amide bonds. The Kier molecular flexibility index (Phi) is 4.52. The molecule has 72 valence electrons. The zero-order chi connectivity index (χ0) is 9.68. The van der Waals surface area contributed by atoms with Crippen LogP contribution in [0, 0.1) is 0 Å². The number of nitrogens with one attached hydrogen (secondary N) is 1. The fraction of sp³-hybridized carbons (Fsp3) is 0.375. The molecule has 1 atom stereocenters. The third-order valence-corrected chi connectivity index (χ3v) is 2.56. The van der Waals surface area contributed by atoms with Crippen molar-refractivity contribution in [3.05, 3.63) is 23.5 Å². The first kappa shape index (κ1) is 10.8. The summed E-state index contributed by atoms with van der Waals surface area (Å²) in [4.78, 5) is 4.78. The van der Waals surface area contributed by atoms with Crippen molar-refractivity contribution >= 4 is 23.5 Å². The lowest BCUT2D eigenvalue weighted by atomic mass is 10.4. The number of hydrogen-bond acceptors (Lipinski definition) is 4. The number of aliphatic hydroxyl groups excluding tert-OH is 1. The zero-order valence-corrected chi connectivity index (χ0v) is 8.77. The standard InChI is InChI=1S/C8H11ClN2OS/c1-6(12)5-11-13-7-3-2-4-10-8(7)9/h2-4,6,11-12H,5H2,1H3/t6-/m1/s1. The molecule has 0 spiro atoms. The topological polar surface area (TPSA) is 45.1 Å². The molecule has 2 N–H and O–H groups in total. The maximum atomic E-state index is 8.98. The molecule has 1 heterocycles. The number of hydrogen-bond donors (Lipinski definition) is 2. The number of halogens is 1. The fourth-order valence-corrected chi connectivity index (χ4v) is 1.69. The summed E-state index contributed by atoms with van der Waals surface area (Å²) in [7, 11) is 0. The lowest BCUT2D eigenvalue weighted by molar-refractivity contribution is 0.200. The van der Waals surface area contributed by atoms with E-state index < -0.39 is 0 Å². The molecule has 0 fully saturated rings. The van der Waals surface area contributed by atoms with E-state index >= 15 is 0 Å². The van der Waals surface area contributed by atoms with Gasteiger partial charge in [0.05, 0.1) is 11.0 Å². The lowest BCUT2D eigenvalue weighted by Crippen LogP contribution is -2.18. The Balaban J connectivity index is 2.41. The van der Waals surface area contributed by atoms with Gasteiger partial charge >= 0.3 is 0 Å². The maximum Gasteiger partial charge on any atom is 0.143 e. The molecule has 0 radical (unpaired) electrons. The van der Waals surface area contributed by atoms with Crippen molar-refractivity contribution in [1.29, 1.82) is 0 Å². The number of nitrogens with zero attached hydrogens (tertiary/aromatic N) is 1. The monoisotopic (exact) mass is 218 g/mol. The third-order valence-electron chi connectivity index (χ3n) is 1.29. The smallest absolute Gasteiger partial charge is 0.143 e. The Bertz CT molecular complexity index is 270. The number of aromatic nitrogens is 1. The van der Waals surface area contributed by atoms with Crippen LogP contribution in [0.5, 0.6) is 0 Å². The molecule has 1 aromatic rings. The summed E-state index contributed by atoms with van der Waals surface area (Å²) in [6.45, 7) is 2.24. The molecular weight excluding hydrogens is 208 g/mol. The minimum atomic E-state index is -0.358. The average molecular weight is 219 g/mol. The second-order valence-electron chi connectivity index (χ2n) is 2.59. The van der Waals surface area contributed by atoms with Crippen LogP contribution in [0.25, 0.3) is 0 Å². The predicted octanol–water partition coefficient (Wildman–Crippen LogP) is 1.71. The minimum absolute atomic E-state index is 0.358. The van der Waals surface area contributed by atoms with E-state index in [4.69, 9.17) is 16.7 Å². The molecule has 3 nitrogen and oxygen atoms in total. The van der Waals surface area contributed by atoms with Gasteiger partial charge in [-0.2, -0.15) is 0 Å². The van der Waals surface area contributed by atoms with Crippen LogP contribution in [-0.4, -0.2) is 22.7 Å². The van der Waals surface area contributed by atoms with E-state index in [1.165, 1.54) is 11.9 Å². The van der Waals surface area contributed by atoms with Gasteiger partial charge in [-0.05, 0) is 31.0 Å². The summed E-state index contributed by atoms with van der Waals surface area (Å²) in [5.74, 6) is 0. The minimum Gasteiger partial charge on any atom is -0.392 e. The highest BCUT2D eigenvalue weighted by Gasteiger charge is 2.01. The Labute approximate surface area is 86.7 Å². The van der Waals surface area contributed by atoms with Gasteiger partial charge in [-0.3, -0.25) is 4.72 Å². The quantitative estimate of drug-likeness (QED) is 0.597. The number of rotatable bonds is 4.